The molecule has 25 heavy (non-hydrogen) atoms. The average Bonchev–Trinajstić information content (AvgIpc) is 2.56. The number of carbonyl (C=O) groups is 1. The Morgan fingerprint density at radius 1 is 1.36 bits per heavy atom. The Labute approximate surface area is 150 Å². The monoisotopic (exact) mass is 372 g/mol. The van der Waals surface area contributed by atoms with Crippen LogP contribution in [0, 0.1) is 5.41 Å². The first-order chi connectivity index (χ1) is 11.6. The first-order valence-electron chi connectivity index (χ1n) is 8.19. The van der Waals surface area contributed by atoms with Crippen LogP contribution in [-0.4, -0.2) is 43.5 Å². The summed E-state index contributed by atoms with van der Waals surface area (Å²) in [6, 6.07) is 5.07. The van der Waals surface area contributed by atoms with E-state index in [1.54, 1.807) is 38.4 Å². The molecule has 0 aromatic heterocycles. The van der Waals surface area contributed by atoms with Gasteiger partial charge in [-0.1, -0.05) is 40.2 Å². The Bertz CT molecular complexity index is 683. The zero-order valence-electron chi connectivity index (χ0n) is 15.4. The number of benzene rings is 1. The second-order valence-electron chi connectivity index (χ2n) is 6.89. The van der Waals surface area contributed by atoms with E-state index in [-0.39, 0.29) is 11.4 Å². The molecule has 0 unspecified atom stereocenters. The summed E-state index contributed by atoms with van der Waals surface area (Å²) >= 11 is 0. The predicted octanol–water partition coefficient (Wildman–Crippen LogP) is 2.41. The van der Waals surface area contributed by atoms with Gasteiger partial charge in [-0.3, -0.25) is 10.0 Å². The number of carbonyl (C=O) groups excluding carboxylic acids is 1. The number of ether oxygens (including phenoxy) is 1. The quantitative estimate of drug-likeness (QED) is 0.540. The van der Waals surface area contributed by atoms with Crippen molar-refractivity contribution in [2.24, 2.45) is 5.41 Å². The van der Waals surface area contributed by atoms with Gasteiger partial charge in [0, 0.05) is 12.6 Å². The molecule has 1 aromatic carbocycles. The number of nitrogens with zero attached hydrogens (tertiary/aromatic N) is 1. The lowest BCUT2D eigenvalue weighted by Crippen LogP contribution is -2.55. The maximum absolute atomic E-state index is 13.2. The van der Waals surface area contributed by atoms with E-state index in [4.69, 9.17) is 9.94 Å². The molecule has 7 nitrogen and oxygen atoms in total. The summed E-state index contributed by atoms with van der Waals surface area (Å²) in [6.45, 7) is 7.38. The summed E-state index contributed by atoms with van der Waals surface area (Å²) in [5.74, 6) is -0.342. The van der Waals surface area contributed by atoms with Crippen molar-refractivity contribution in [1.29, 1.82) is 0 Å². The van der Waals surface area contributed by atoms with E-state index < -0.39 is 27.4 Å². The first kappa shape index (κ1) is 21.4. The van der Waals surface area contributed by atoms with Crippen LogP contribution in [0.1, 0.15) is 40.5 Å². The molecule has 0 aliphatic carbocycles. The van der Waals surface area contributed by atoms with E-state index in [1.165, 1.54) is 19.2 Å². The summed E-state index contributed by atoms with van der Waals surface area (Å²) in [6.07, 6.45) is 1.36. The van der Waals surface area contributed by atoms with E-state index in [0.29, 0.717) is 12.2 Å². The van der Waals surface area contributed by atoms with Gasteiger partial charge in [0.2, 0.25) is 10.0 Å². The van der Waals surface area contributed by atoms with Gasteiger partial charge in [0.05, 0.1) is 12.0 Å². The van der Waals surface area contributed by atoms with Crippen molar-refractivity contribution >= 4 is 15.9 Å². The third kappa shape index (κ3) is 5.17. The van der Waals surface area contributed by atoms with Gasteiger partial charge >= 0.3 is 0 Å². The maximum atomic E-state index is 13.2. The first-order valence-corrected chi connectivity index (χ1v) is 9.63. The zero-order valence-corrected chi connectivity index (χ0v) is 16.3. The molecule has 0 saturated carbocycles. The lowest BCUT2D eigenvalue weighted by Gasteiger charge is -2.37. The normalized spacial score (nSPS) is 13.6. The molecule has 1 atom stereocenters. The topological polar surface area (TPSA) is 95.9 Å². The predicted molar refractivity (Wildman–Crippen MR) is 95.0 cm³/mol. The highest BCUT2D eigenvalue weighted by atomic mass is 32.2. The molecule has 1 aromatic rings. The van der Waals surface area contributed by atoms with E-state index in [1.807, 2.05) is 6.92 Å². The van der Waals surface area contributed by atoms with Crippen molar-refractivity contribution in [2.45, 2.75) is 51.5 Å². The molecule has 0 aliphatic rings. The van der Waals surface area contributed by atoms with Crippen molar-refractivity contribution in [2.75, 3.05) is 13.7 Å². The summed E-state index contributed by atoms with van der Waals surface area (Å²) in [5, 5.41) is 9.12. The molecule has 0 radical (unpaired) electrons. The van der Waals surface area contributed by atoms with Crippen molar-refractivity contribution < 1.29 is 23.2 Å². The Morgan fingerprint density at radius 3 is 2.48 bits per heavy atom. The summed E-state index contributed by atoms with van der Waals surface area (Å²) in [5.41, 5.74) is 0.889. The van der Waals surface area contributed by atoms with Crippen molar-refractivity contribution in [3.05, 3.63) is 24.3 Å². The number of unbranched alkanes of at least 4 members (excludes halogenated alkanes) is 1. The Hall–Kier alpha value is -1.64. The van der Waals surface area contributed by atoms with Gasteiger partial charge in [0.1, 0.15) is 11.8 Å². The maximum Gasteiger partial charge on any atom is 0.262 e. The number of nitrogens with one attached hydrogen (secondary N) is 1. The minimum atomic E-state index is -3.96. The van der Waals surface area contributed by atoms with Gasteiger partial charge in [0.25, 0.3) is 5.91 Å². The summed E-state index contributed by atoms with van der Waals surface area (Å²) < 4.78 is 32.7. The van der Waals surface area contributed by atoms with Crippen LogP contribution in [0.15, 0.2) is 29.2 Å². The number of amides is 1. The van der Waals surface area contributed by atoms with Crippen LogP contribution < -0.4 is 10.2 Å². The van der Waals surface area contributed by atoms with Gasteiger partial charge in [0.15, 0.2) is 0 Å². The van der Waals surface area contributed by atoms with Gasteiger partial charge in [-0.25, -0.2) is 13.9 Å². The molecule has 0 bridgehead atoms. The fraction of sp³-hybridized carbons (Fsp3) is 0.588. The van der Waals surface area contributed by atoms with Crippen molar-refractivity contribution in [3.63, 3.8) is 0 Å². The van der Waals surface area contributed by atoms with E-state index >= 15 is 0 Å². The highest BCUT2D eigenvalue weighted by Gasteiger charge is 2.42. The molecule has 0 heterocycles. The molecule has 0 spiro atoms. The van der Waals surface area contributed by atoms with Gasteiger partial charge in [-0.2, -0.15) is 4.31 Å². The van der Waals surface area contributed by atoms with Gasteiger partial charge < -0.3 is 4.74 Å². The minimum Gasteiger partial charge on any atom is -0.497 e. The molecule has 2 N–H and O–H groups in total. The Kier molecular flexibility index (Phi) is 7.40. The molecule has 1 amide bonds. The molecule has 8 heteroatoms. The van der Waals surface area contributed by atoms with Crippen LogP contribution in [0.3, 0.4) is 0 Å². The standard InChI is InChI=1S/C17H28N2O5S/c1-6-7-11-19(15(16(20)18-21)17(2,3)4)25(22,23)14-10-8-9-13(12-14)24-5/h8-10,12,15,21H,6-7,11H2,1-5H3,(H,18,20)/t15-/m0/s1. The molecule has 0 fully saturated rings. The number of methoxy groups -OCH3 is 1. The van der Waals surface area contributed by atoms with E-state index in [0.717, 1.165) is 10.7 Å². The van der Waals surface area contributed by atoms with E-state index in [2.05, 4.69) is 0 Å². The van der Waals surface area contributed by atoms with Crippen molar-refractivity contribution in [3.8, 4) is 5.75 Å². The van der Waals surface area contributed by atoms with Crippen molar-refractivity contribution in [1.82, 2.24) is 9.79 Å². The number of hydrogen-bond donors (Lipinski definition) is 2. The third-order valence-corrected chi connectivity index (χ3v) is 5.71. The van der Waals surface area contributed by atoms with Crippen LogP contribution in [0.25, 0.3) is 0 Å². The molecule has 142 valence electrons. The third-order valence-electron chi connectivity index (χ3n) is 3.85. The second kappa shape index (κ2) is 8.64. The summed E-state index contributed by atoms with van der Waals surface area (Å²) in [4.78, 5) is 12.3. The fourth-order valence-corrected chi connectivity index (χ4v) is 4.46. The highest BCUT2D eigenvalue weighted by Crippen LogP contribution is 2.31. The number of hydrogen-bond acceptors (Lipinski definition) is 5. The molecular formula is C17H28N2O5S. The molecule has 1 rings (SSSR count). The Balaban J connectivity index is 3.47. The molecular weight excluding hydrogens is 344 g/mol. The summed E-state index contributed by atoms with van der Waals surface area (Å²) in [7, 11) is -2.51. The van der Waals surface area contributed by atoms with Crippen LogP contribution in [0.5, 0.6) is 5.75 Å². The number of hydroxylamine groups is 1. The second-order valence-corrected chi connectivity index (χ2v) is 8.78. The highest BCUT2D eigenvalue weighted by molar-refractivity contribution is 7.89. The largest absolute Gasteiger partial charge is 0.497 e. The molecule has 0 aliphatic heterocycles. The average molecular weight is 372 g/mol. The van der Waals surface area contributed by atoms with Crippen LogP contribution in [0.4, 0.5) is 0 Å². The van der Waals surface area contributed by atoms with E-state index in [9.17, 15) is 13.2 Å². The minimum absolute atomic E-state index is 0.0444. The van der Waals surface area contributed by atoms with Gasteiger partial charge in [-0.05, 0) is 24.0 Å². The Morgan fingerprint density at radius 2 is 2.00 bits per heavy atom. The zero-order chi connectivity index (χ0) is 19.3. The lowest BCUT2D eigenvalue weighted by atomic mass is 9.86. The lowest BCUT2D eigenvalue weighted by molar-refractivity contribution is -0.136. The number of rotatable bonds is 8. The molecule has 0 saturated heterocycles. The van der Waals surface area contributed by atoms with Gasteiger partial charge in [-0.15, -0.1) is 0 Å². The SMILES string of the molecule is CCCCN([C@@H](C(=O)NO)C(C)(C)C)S(=O)(=O)c1cccc(OC)c1. The number of sulfonamides is 1. The van der Waals surface area contributed by atoms with Crippen LogP contribution in [-0.2, 0) is 14.8 Å². The fourth-order valence-electron chi connectivity index (χ4n) is 2.62. The smallest absolute Gasteiger partial charge is 0.262 e. The van der Waals surface area contributed by atoms with Crippen LogP contribution in [0.2, 0.25) is 0 Å². The van der Waals surface area contributed by atoms with Crippen LogP contribution >= 0.6 is 0 Å².